The Morgan fingerprint density at radius 1 is 0.902 bits per heavy atom. The van der Waals surface area contributed by atoms with Crippen molar-refractivity contribution in [2.45, 2.75) is 56.3 Å². The van der Waals surface area contributed by atoms with E-state index in [2.05, 4.69) is 30.9 Å². The van der Waals surface area contributed by atoms with Crippen LogP contribution in [-0.2, 0) is 36.8 Å². The molecule has 0 unspecified atom stereocenters. The average Bonchev–Trinajstić information content (AvgIpc) is 3.42. The van der Waals surface area contributed by atoms with Gasteiger partial charge in [0.05, 0.1) is 18.8 Å². The van der Waals surface area contributed by atoms with Crippen LogP contribution in [0.5, 0.6) is 0 Å². The van der Waals surface area contributed by atoms with Gasteiger partial charge in [-0.2, -0.15) is 0 Å². The molecule has 13 N–H and O–H groups in total. The summed E-state index contributed by atoms with van der Waals surface area (Å²) in [5.41, 5.74) is 22.9. The molecule has 0 saturated carbocycles. The van der Waals surface area contributed by atoms with Gasteiger partial charge in [-0.15, -0.1) is 0 Å². The van der Waals surface area contributed by atoms with E-state index in [1.165, 1.54) is 12.5 Å². The van der Waals surface area contributed by atoms with E-state index in [9.17, 15) is 24.0 Å². The molecule has 0 aliphatic heterocycles. The predicted molar refractivity (Wildman–Crippen MR) is 148 cm³/mol. The molecule has 222 valence electrons. The molecule has 0 fully saturated rings. The van der Waals surface area contributed by atoms with Crippen LogP contribution in [0.3, 0.4) is 0 Å². The number of carbonyl (C=O) groups is 5. The maximum atomic E-state index is 13.4. The van der Waals surface area contributed by atoms with Crippen molar-refractivity contribution in [2.75, 3.05) is 6.54 Å². The van der Waals surface area contributed by atoms with Crippen molar-refractivity contribution < 1.29 is 29.1 Å². The summed E-state index contributed by atoms with van der Waals surface area (Å²) < 4.78 is 0. The van der Waals surface area contributed by atoms with Crippen molar-refractivity contribution in [2.24, 2.45) is 27.9 Å². The lowest BCUT2D eigenvalue weighted by Crippen LogP contribution is -2.58. The number of aromatic nitrogens is 2. The van der Waals surface area contributed by atoms with Crippen LogP contribution in [0.25, 0.3) is 0 Å². The van der Waals surface area contributed by atoms with E-state index in [1.807, 2.05) is 0 Å². The number of hydrogen-bond donors (Lipinski definition) is 9. The first kappa shape index (κ1) is 32.2. The molecule has 1 heterocycles. The lowest BCUT2D eigenvalue weighted by Gasteiger charge is -2.25. The number of carboxylic acid groups (broad SMARTS) is 1. The molecule has 16 nitrogen and oxygen atoms in total. The summed E-state index contributed by atoms with van der Waals surface area (Å²) in [5.74, 6) is -4.51. The first-order valence-corrected chi connectivity index (χ1v) is 12.7. The minimum atomic E-state index is -1.41. The Morgan fingerprint density at radius 2 is 1.51 bits per heavy atom. The van der Waals surface area contributed by atoms with E-state index in [0.29, 0.717) is 17.7 Å². The number of nitrogens with one attached hydrogen (secondary N) is 4. The maximum absolute atomic E-state index is 13.4. The predicted octanol–water partition coefficient (Wildman–Crippen LogP) is -3.01. The summed E-state index contributed by atoms with van der Waals surface area (Å²) in [7, 11) is 0. The number of carbonyl (C=O) groups excluding carboxylic acids is 4. The maximum Gasteiger partial charge on any atom is 0.305 e. The molecule has 0 radical (unpaired) electrons. The van der Waals surface area contributed by atoms with E-state index in [-0.39, 0.29) is 31.8 Å². The number of amides is 4. The second-order valence-electron chi connectivity index (χ2n) is 9.21. The van der Waals surface area contributed by atoms with Gasteiger partial charge in [0.2, 0.25) is 23.6 Å². The van der Waals surface area contributed by atoms with E-state index in [4.69, 9.17) is 28.0 Å². The molecule has 0 aliphatic carbocycles. The number of imidazole rings is 1. The highest BCUT2D eigenvalue weighted by atomic mass is 16.4. The number of hydrogen-bond acceptors (Lipinski definition) is 8. The molecule has 0 spiro atoms. The number of nitrogens with zero attached hydrogens (tertiary/aromatic N) is 2. The summed E-state index contributed by atoms with van der Waals surface area (Å²) >= 11 is 0. The van der Waals surface area contributed by atoms with Crippen LogP contribution in [-0.4, -0.2) is 81.3 Å². The van der Waals surface area contributed by atoms with Crippen LogP contribution in [0.2, 0.25) is 0 Å². The highest BCUT2D eigenvalue weighted by molar-refractivity contribution is 5.95. The Balaban J connectivity index is 2.24. The number of primary amides is 1. The molecule has 1 aromatic carbocycles. The molecule has 2 aromatic rings. The van der Waals surface area contributed by atoms with Crippen LogP contribution < -0.4 is 38.9 Å². The molecule has 16 heteroatoms. The number of aliphatic imine (C=N–C) groups is 1. The third kappa shape index (κ3) is 11.7. The second-order valence-corrected chi connectivity index (χ2v) is 9.21. The largest absolute Gasteiger partial charge is 0.481 e. The molecule has 0 saturated heterocycles. The molecule has 0 bridgehead atoms. The fraction of sp³-hybridized carbons (Fsp3) is 0.400. The van der Waals surface area contributed by atoms with Gasteiger partial charge < -0.3 is 49.0 Å². The SMILES string of the molecule is NC(=O)[C@H](CCCN=C(N)N)NC(=O)[C@H](Cc1ccccc1)NC(=O)[C@H](Cc1cnc[nH]1)NC(=O)[C@@H](N)CC(=O)O. The van der Waals surface area contributed by atoms with Crippen LogP contribution >= 0.6 is 0 Å². The highest BCUT2D eigenvalue weighted by Gasteiger charge is 2.31. The molecule has 1 aromatic heterocycles. The van der Waals surface area contributed by atoms with Gasteiger partial charge in [0.1, 0.15) is 18.1 Å². The van der Waals surface area contributed by atoms with Gasteiger partial charge in [-0.25, -0.2) is 4.98 Å². The summed E-state index contributed by atoms with van der Waals surface area (Å²) in [4.78, 5) is 72.9. The molecule has 2 rings (SSSR count). The summed E-state index contributed by atoms with van der Waals surface area (Å²) in [6.45, 7) is 0.213. The first-order chi connectivity index (χ1) is 19.5. The van der Waals surface area contributed by atoms with Crippen molar-refractivity contribution in [3.05, 3.63) is 54.1 Å². The number of benzene rings is 1. The topological polar surface area (TPSA) is 287 Å². The molecule has 0 aliphatic rings. The van der Waals surface area contributed by atoms with Gasteiger partial charge >= 0.3 is 5.97 Å². The molecule has 41 heavy (non-hydrogen) atoms. The Bertz CT molecular complexity index is 1200. The van der Waals surface area contributed by atoms with Crippen molar-refractivity contribution in [3.63, 3.8) is 0 Å². The number of rotatable bonds is 17. The number of aliphatic carboxylic acids is 1. The van der Waals surface area contributed by atoms with Crippen molar-refractivity contribution >= 4 is 35.6 Å². The van der Waals surface area contributed by atoms with Gasteiger partial charge in [0, 0.05) is 31.3 Å². The van der Waals surface area contributed by atoms with Gasteiger partial charge in [0.15, 0.2) is 5.96 Å². The van der Waals surface area contributed by atoms with Crippen molar-refractivity contribution in [3.8, 4) is 0 Å². The summed E-state index contributed by atoms with van der Waals surface area (Å²) in [6, 6.07) is 3.89. The van der Waals surface area contributed by atoms with Gasteiger partial charge in [-0.05, 0) is 18.4 Å². The van der Waals surface area contributed by atoms with Crippen LogP contribution in [0.4, 0.5) is 0 Å². The summed E-state index contributed by atoms with van der Waals surface area (Å²) in [5, 5.41) is 16.6. The zero-order chi connectivity index (χ0) is 30.4. The van der Waals surface area contributed by atoms with Crippen LogP contribution in [0, 0.1) is 0 Å². The van der Waals surface area contributed by atoms with Gasteiger partial charge in [-0.1, -0.05) is 30.3 Å². The van der Waals surface area contributed by atoms with E-state index >= 15 is 0 Å². The standard InChI is InChI=1S/C25H36N10O6/c26-16(11-20(36)37)22(39)34-19(10-15-12-30-13-32-15)24(41)35-18(9-14-5-2-1-3-6-14)23(40)33-17(21(27)38)7-4-8-31-25(28)29/h1-3,5-6,12-13,16-19H,4,7-11,26H2,(H2,27,38)(H,30,32)(H,33,40)(H,34,39)(H,35,41)(H,36,37)(H4,28,29,31)/t16-,17-,18-,19-/m0/s1. The lowest BCUT2D eigenvalue weighted by molar-refractivity contribution is -0.139. The average molecular weight is 573 g/mol. The minimum Gasteiger partial charge on any atom is -0.481 e. The van der Waals surface area contributed by atoms with Crippen molar-refractivity contribution in [1.29, 1.82) is 0 Å². The Kier molecular flexibility index (Phi) is 12.7. The normalized spacial score (nSPS) is 13.6. The molecular formula is C25H36N10O6. The highest BCUT2D eigenvalue weighted by Crippen LogP contribution is 2.07. The van der Waals surface area contributed by atoms with E-state index in [1.54, 1.807) is 30.3 Å². The van der Waals surface area contributed by atoms with Gasteiger partial charge in [-0.3, -0.25) is 29.0 Å². The zero-order valence-corrected chi connectivity index (χ0v) is 22.3. The van der Waals surface area contributed by atoms with Crippen LogP contribution in [0.1, 0.15) is 30.5 Å². The smallest absolute Gasteiger partial charge is 0.305 e. The van der Waals surface area contributed by atoms with Gasteiger partial charge in [0.25, 0.3) is 0 Å². The third-order valence-corrected chi connectivity index (χ3v) is 5.86. The van der Waals surface area contributed by atoms with Crippen molar-refractivity contribution in [1.82, 2.24) is 25.9 Å². The second kappa shape index (κ2) is 16.2. The fourth-order valence-corrected chi connectivity index (χ4v) is 3.78. The molecular weight excluding hydrogens is 536 g/mol. The fourth-order valence-electron chi connectivity index (χ4n) is 3.78. The first-order valence-electron chi connectivity index (χ1n) is 12.7. The number of nitrogens with two attached hydrogens (primary N) is 4. The number of aromatic amines is 1. The number of carboxylic acids is 1. The Morgan fingerprint density at radius 3 is 2.07 bits per heavy atom. The Hall–Kier alpha value is -4.99. The Labute approximate surface area is 235 Å². The quantitative estimate of drug-likeness (QED) is 0.0525. The summed E-state index contributed by atoms with van der Waals surface area (Å²) in [6.07, 6.45) is 2.64. The number of guanidine groups is 1. The van der Waals surface area contributed by atoms with E-state index in [0.717, 1.165) is 0 Å². The lowest BCUT2D eigenvalue weighted by atomic mass is 10.0. The van der Waals surface area contributed by atoms with Crippen LogP contribution in [0.15, 0.2) is 47.8 Å². The number of H-pyrrole nitrogens is 1. The molecule has 4 atom stereocenters. The zero-order valence-electron chi connectivity index (χ0n) is 22.3. The third-order valence-electron chi connectivity index (χ3n) is 5.86. The van der Waals surface area contributed by atoms with E-state index < -0.39 is 60.2 Å². The minimum absolute atomic E-state index is 0.0428. The monoisotopic (exact) mass is 572 g/mol. The molecule has 4 amide bonds.